The molecule has 0 aliphatic rings. The van der Waals surface area contributed by atoms with Crippen LogP contribution in [-0.2, 0) is 0 Å². The Morgan fingerprint density at radius 1 is 1.35 bits per heavy atom. The molecule has 20 heavy (non-hydrogen) atoms. The Balaban J connectivity index is 2.24. The molecule has 0 bridgehead atoms. The van der Waals surface area contributed by atoms with Gasteiger partial charge in [0.2, 0.25) is 5.76 Å². The molecule has 0 saturated carbocycles. The molecule has 0 spiro atoms. The number of carbonyl (C=O) groups is 1. The molecule has 0 unspecified atom stereocenters. The molecule has 0 N–H and O–H groups in total. The summed E-state index contributed by atoms with van der Waals surface area (Å²) in [5, 5.41) is 8.85. The highest BCUT2D eigenvalue weighted by atomic mass is 79.9. The summed E-state index contributed by atoms with van der Waals surface area (Å²) in [5.41, 5.74) is 0.425. The number of esters is 1. The molecular weight excluding hydrogens is 326 g/mol. The Hall–Kier alpha value is -2.26. The summed E-state index contributed by atoms with van der Waals surface area (Å²) < 4.78 is 16.1. The zero-order chi connectivity index (χ0) is 14.5. The van der Waals surface area contributed by atoms with Crippen molar-refractivity contribution in [2.24, 2.45) is 0 Å². The number of benzene rings is 1. The third-order valence-electron chi connectivity index (χ3n) is 2.35. The lowest BCUT2D eigenvalue weighted by Gasteiger charge is -2.09. The molecule has 0 fully saturated rings. The number of ether oxygens (including phenoxy) is 2. The van der Waals surface area contributed by atoms with Crippen molar-refractivity contribution in [3.05, 3.63) is 46.3 Å². The van der Waals surface area contributed by atoms with Crippen LogP contribution in [0.25, 0.3) is 0 Å². The predicted octanol–water partition coefficient (Wildman–Crippen LogP) is 3.53. The summed E-state index contributed by atoms with van der Waals surface area (Å²) in [7, 11) is 0. The SMILES string of the molecule is CCOc1cc(C#N)ccc1OC(=O)c1ccc(Br)o1. The highest BCUT2D eigenvalue weighted by molar-refractivity contribution is 9.10. The number of nitrogens with zero attached hydrogens (tertiary/aromatic N) is 1. The van der Waals surface area contributed by atoms with Gasteiger partial charge in [0.15, 0.2) is 16.2 Å². The number of hydrogen-bond acceptors (Lipinski definition) is 5. The predicted molar refractivity (Wildman–Crippen MR) is 73.7 cm³/mol. The molecule has 0 saturated heterocycles. The fourth-order valence-corrected chi connectivity index (χ4v) is 1.81. The lowest BCUT2D eigenvalue weighted by molar-refractivity contribution is 0.0693. The summed E-state index contributed by atoms with van der Waals surface area (Å²) in [4.78, 5) is 11.9. The van der Waals surface area contributed by atoms with Crippen LogP contribution in [0.3, 0.4) is 0 Å². The van der Waals surface area contributed by atoms with E-state index in [-0.39, 0.29) is 11.5 Å². The van der Waals surface area contributed by atoms with E-state index in [1.807, 2.05) is 6.07 Å². The second-order valence-corrected chi connectivity index (χ2v) is 4.48. The van der Waals surface area contributed by atoms with Gasteiger partial charge in [0.1, 0.15) is 0 Å². The number of hydrogen-bond donors (Lipinski definition) is 0. The molecule has 6 heteroatoms. The monoisotopic (exact) mass is 335 g/mol. The lowest BCUT2D eigenvalue weighted by Crippen LogP contribution is -2.08. The van der Waals surface area contributed by atoms with Gasteiger partial charge >= 0.3 is 5.97 Å². The Labute approximate surface area is 123 Å². The number of furan rings is 1. The second kappa shape index (κ2) is 6.26. The minimum atomic E-state index is -0.638. The third-order valence-corrected chi connectivity index (χ3v) is 2.78. The molecule has 0 amide bonds. The van der Waals surface area contributed by atoms with Crippen LogP contribution >= 0.6 is 15.9 Å². The average molecular weight is 336 g/mol. The van der Waals surface area contributed by atoms with E-state index in [9.17, 15) is 4.79 Å². The van der Waals surface area contributed by atoms with Crippen LogP contribution in [0.4, 0.5) is 0 Å². The Bertz CT molecular complexity index is 672. The van der Waals surface area contributed by atoms with E-state index < -0.39 is 5.97 Å². The molecule has 5 nitrogen and oxygen atoms in total. The molecule has 1 aromatic carbocycles. The van der Waals surface area contributed by atoms with E-state index >= 15 is 0 Å². The summed E-state index contributed by atoms with van der Waals surface area (Å²) in [6, 6.07) is 9.66. The molecule has 0 aliphatic carbocycles. The molecule has 1 heterocycles. The van der Waals surface area contributed by atoms with Crippen LogP contribution in [0.2, 0.25) is 0 Å². The normalized spacial score (nSPS) is 9.85. The van der Waals surface area contributed by atoms with Crippen LogP contribution < -0.4 is 9.47 Å². The van der Waals surface area contributed by atoms with E-state index in [0.717, 1.165) is 0 Å². The fourth-order valence-electron chi connectivity index (χ4n) is 1.50. The van der Waals surface area contributed by atoms with E-state index in [1.54, 1.807) is 19.1 Å². The smallest absolute Gasteiger partial charge is 0.379 e. The molecule has 1 aromatic heterocycles. The van der Waals surface area contributed by atoms with Gasteiger partial charge in [0.05, 0.1) is 18.2 Å². The van der Waals surface area contributed by atoms with Gasteiger partial charge in [-0.15, -0.1) is 0 Å². The van der Waals surface area contributed by atoms with Crippen LogP contribution in [0.1, 0.15) is 23.0 Å². The van der Waals surface area contributed by atoms with Crippen molar-refractivity contribution in [1.29, 1.82) is 5.26 Å². The van der Waals surface area contributed by atoms with Crippen LogP contribution in [0.5, 0.6) is 11.5 Å². The zero-order valence-electron chi connectivity index (χ0n) is 10.6. The topological polar surface area (TPSA) is 72.5 Å². The summed E-state index contributed by atoms with van der Waals surface area (Å²) in [5.74, 6) is 0.0129. The fraction of sp³-hybridized carbons (Fsp3) is 0.143. The van der Waals surface area contributed by atoms with Crippen molar-refractivity contribution in [1.82, 2.24) is 0 Å². The van der Waals surface area contributed by atoms with Crippen LogP contribution in [0, 0.1) is 11.3 Å². The summed E-state index contributed by atoms with van der Waals surface area (Å²) >= 11 is 3.11. The highest BCUT2D eigenvalue weighted by Crippen LogP contribution is 2.29. The van der Waals surface area contributed by atoms with Crippen molar-refractivity contribution in [2.45, 2.75) is 6.92 Å². The molecule has 2 rings (SSSR count). The molecule has 0 atom stereocenters. The van der Waals surface area contributed by atoms with Gasteiger partial charge in [0.25, 0.3) is 0 Å². The molecule has 0 radical (unpaired) electrons. The number of nitriles is 1. The Morgan fingerprint density at radius 3 is 2.75 bits per heavy atom. The minimum Gasteiger partial charge on any atom is -0.490 e. The standard InChI is InChI=1S/C14H10BrNO4/c1-2-18-12-7-9(8-16)3-4-10(12)20-14(17)11-5-6-13(15)19-11/h3-7H,2H2,1H3. The van der Waals surface area contributed by atoms with E-state index in [1.165, 1.54) is 18.2 Å². The third kappa shape index (κ3) is 3.19. The summed E-state index contributed by atoms with van der Waals surface area (Å²) in [6.45, 7) is 2.19. The van der Waals surface area contributed by atoms with Crippen molar-refractivity contribution in [3.8, 4) is 17.6 Å². The number of rotatable bonds is 4. The van der Waals surface area contributed by atoms with Crippen LogP contribution in [-0.4, -0.2) is 12.6 Å². The first-order valence-corrected chi connectivity index (χ1v) is 6.57. The van der Waals surface area contributed by atoms with E-state index in [0.29, 0.717) is 22.6 Å². The molecule has 0 aliphatic heterocycles. The van der Waals surface area contributed by atoms with Crippen molar-refractivity contribution in [3.63, 3.8) is 0 Å². The molecule has 102 valence electrons. The van der Waals surface area contributed by atoms with E-state index in [2.05, 4.69) is 15.9 Å². The van der Waals surface area contributed by atoms with Crippen molar-refractivity contribution < 1.29 is 18.7 Å². The van der Waals surface area contributed by atoms with Gasteiger partial charge in [-0.1, -0.05) is 0 Å². The van der Waals surface area contributed by atoms with Gasteiger partial charge in [-0.3, -0.25) is 0 Å². The maximum atomic E-state index is 11.9. The number of carbonyl (C=O) groups excluding carboxylic acids is 1. The largest absolute Gasteiger partial charge is 0.490 e. The van der Waals surface area contributed by atoms with Crippen molar-refractivity contribution in [2.75, 3.05) is 6.61 Å². The van der Waals surface area contributed by atoms with Gasteiger partial charge in [0, 0.05) is 6.07 Å². The van der Waals surface area contributed by atoms with Crippen LogP contribution in [0.15, 0.2) is 39.4 Å². The van der Waals surface area contributed by atoms with Gasteiger partial charge in [-0.25, -0.2) is 4.79 Å². The highest BCUT2D eigenvalue weighted by Gasteiger charge is 2.16. The lowest BCUT2D eigenvalue weighted by atomic mass is 10.2. The first-order valence-electron chi connectivity index (χ1n) is 5.78. The van der Waals surface area contributed by atoms with Gasteiger partial charge < -0.3 is 13.9 Å². The Kier molecular flexibility index (Phi) is 4.43. The minimum absolute atomic E-state index is 0.0729. The maximum Gasteiger partial charge on any atom is 0.379 e. The first kappa shape index (κ1) is 14.2. The van der Waals surface area contributed by atoms with Gasteiger partial charge in [-0.2, -0.15) is 5.26 Å². The molecule has 2 aromatic rings. The molecular formula is C14H10BrNO4. The average Bonchev–Trinajstić information content (AvgIpc) is 2.87. The zero-order valence-corrected chi connectivity index (χ0v) is 12.1. The second-order valence-electron chi connectivity index (χ2n) is 3.70. The Morgan fingerprint density at radius 2 is 2.15 bits per heavy atom. The van der Waals surface area contributed by atoms with Gasteiger partial charge in [-0.05, 0) is 47.1 Å². The number of halogens is 1. The van der Waals surface area contributed by atoms with Crippen molar-refractivity contribution >= 4 is 21.9 Å². The quantitative estimate of drug-likeness (QED) is 0.631. The van der Waals surface area contributed by atoms with E-state index in [4.69, 9.17) is 19.2 Å². The summed E-state index contributed by atoms with van der Waals surface area (Å²) in [6.07, 6.45) is 0. The first-order chi connectivity index (χ1) is 9.63. The maximum absolute atomic E-state index is 11.9.